The summed E-state index contributed by atoms with van der Waals surface area (Å²) in [4.78, 5) is 11.1. The minimum Gasteiger partial charge on any atom is -0.466 e. The summed E-state index contributed by atoms with van der Waals surface area (Å²) in [6, 6.07) is 0.397. The van der Waals surface area contributed by atoms with Gasteiger partial charge in [-0.05, 0) is 44.9 Å². The zero-order valence-electron chi connectivity index (χ0n) is 9.41. The molecule has 0 aromatic heterocycles. The maximum atomic E-state index is 11.1. The Balaban J connectivity index is 0.00000196. The first-order chi connectivity index (χ1) is 6.72. The molecule has 4 heteroatoms. The van der Waals surface area contributed by atoms with Crippen LogP contribution in [0.5, 0.6) is 0 Å². The van der Waals surface area contributed by atoms with Gasteiger partial charge in [-0.3, -0.25) is 4.79 Å². The number of ether oxygens (including phenoxy) is 1. The molecule has 0 spiro atoms. The number of halogens is 1. The van der Waals surface area contributed by atoms with Gasteiger partial charge in [0.25, 0.3) is 0 Å². The Bertz CT molecular complexity index is 179. The summed E-state index contributed by atoms with van der Waals surface area (Å²) in [6.45, 7) is 2.34. The van der Waals surface area contributed by atoms with E-state index in [9.17, 15) is 4.79 Å². The Kier molecular flexibility index (Phi) is 7.79. The lowest BCUT2D eigenvalue weighted by Crippen LogP contribution is -2.26. The normalized spacial score (nSPS) is 25.5. The van der Waals surface area contributed by atoms with Gasteiger partial charge in [-0.15, -0.1) is 12.4 Å². The Hall–Kier alpha value is -0.280. The quantitative estimate of drug-likeness (QED) is 0.761. The molecule has 2 N–H and O–H groups in total. The average Bonchev–Trinajstić information content (AvgIpc) is 2.17. The summed E-state index contributed by atoms with van der Waals surface area (Å²) >= 11 is 0. The standard InChI is InChI=1S/C11H21NO2.ClH/c1-2-14-11(13)8-5-9-3-6-10(12)7-4-9;/h9-10H,2-8,12H2,1H3;1H. The smallest absolute Gasteiger partial charge is 0.305 e. The number of nitrogens with two attached hydrogens (primary N) is 1. The first-order valence-corrected chi connectivity index (χ1v) is 5.63. The van der Waals surface area contributed by atoms with Gasteiger partial charge in [0.15, 0.2) is 0 Å². The van der Waals surface area contributed by atoms with Crippen molar-refractivity contribution in [2.24, 2.45) is 11.7 Å². The van der Waals surface area contributed by atoms with Crippen molar-refractivity contribution >= 4 is 18.4 Å². The molecule has 0 aromatic rings. The second-order valence-electron chi connectivity index (χ2n) is 4.12. The monoisotopic (exact) mass is 235 g/mol. The molecule has 1 aliphatic rings. The molecular formula is C11H22ClNO2. The summed E-state index contributed by atoms with van der Waals surface area (Å²) in [5.74, 6) is 0.640. The Morgan fingerprint density at radius 2 is 1.93 bits per heavy atom. The van der Waals surface area contributed by atoms with Crippen LogP contribution < -0.4 is 5.73 Å². The van der Waals surface area contributed by atoms with Gasteiger partial charge in [-0.2, -0.15) is 0 Å². The topological polar surface area (TPSA) is 52.3 Å². The molecule has 0 heterocycles. The first kappa shape index (κ1) is 14.7. The maximum Gasteiger partial charge on any atom is 0.305 e. The van der Waals surface area contributed by atoms with Gasteiger partial charge in [0.05, 0.1) is 6.61 Å². The van der Waals surface area contributed by atoms with Crippen LogP contribution in [0.25, 0.3) is 0 Å². The third-order valence-corrected chi connectivity index (χ3v) is 2.95. The summed E-state index contributed by atoms with van der Waals surface area (Å²) < 4.78 is 4.89. The number of rotatable bonds is 4. The van der Waals surface area contributed by atoms with E-state index in [2.05, 4.69) is 0 Å². The summed E-state index contributed by atoms with van der Waals surface area (Å²) in [5.41, 5.74) is 5.81. The Morgan fingerprint density at radius 3 is 2.47 bits per heavy atom. The highest BCUT2D eigenvalue weighted by atomic mass is 35.5. The van der Waals surface area contributed by atoms with Crippen LogP contribution in [-0.2, 0) is 9.53 Å². The third-order valence-electron chi connectivity index (χ3n) is 2.95. The van der Waals surface area contributed by atoms with Crippen molar-refractivity contribution < 1.29 is 9.53 Å². The van der Waals surface area contributed by atoms with Crippen molar-refractivity contribution in [1.82, 2.24) is 0 Å². The van der Waals surface area contributed by atoms with Gasteiger partial charge in [-0.1, -0.05) is 0 Å². The van der Waals surface area contributed by atoms with Gasteiger partial charge in [0, 0.05) is 12.5 Å². The van der Waals surface area contributed by atoms with Crippen LogP contribution in [0.15, 0.2) is 0 Å². The van der Waals surface area contributed by atoms with E-state index in [4.69, 9.17) is 10.5 Å². The molecule has 0 bridgehead atoms. The van der Waals surface area contributed by atoms with E-state index in [0.717, 1.165) is 19.3 Å². The lowest BCUT2D eigenvalue weighted by molar-refractivity contribution is -0.143. The van der Waals surface area contributed by atoms with Crippen molar-refractivity contribution in [1.29, 1.82) is 0 Å². The van der Waals surface area contributed by atoms with Crippen LogP contribution in [0.1, 0.15) is 45.4 Å². The molecule has 1 saturated carbocycles. The largest absolute Gasteiger partial charge is 0.466 e. The minimum absolute atomic E-state index is 0. The van der Waals surface area contributed by atoms with Gasteiger partial charge >= 0.3 is 5.97 Å². The molecule has 0 amide bonds. The number of hydrogen-bond acceptors (Lipinski definition) is 3. The van der Waals surface area contributed by atoms with E-state index >= 15 is 0 Å². The van der Waals surface area contributed by atoms with Crippen LogP contribution in [-0.4, -0.2) is 18.6 Å². The highest BCUT2D eigenvalue weighted by molar-refractivity contribution is 5.85. The summed E-state index contributed by atoms with van der Waals surface area (Å²) in [5, 5.41) is 0. The molecule has 0 unspecified atom stereocenters. The van der Waals surface area contributed by atoms with Crippen LogP contribution in [0.2, 0.25) is 0 Å². The highest BCUT2D eigenvalue weighted by Crippen LogP contribution is 2.26. The summed E-state index contributed by atoms with van der Waals surface area (Å²) in [7, 11) is 0. The molecule has 1 aliphatic carbocycles. The molecule has 0 radical (unpaired) electrons. The zero-order valence-corrected chi connectivity index (χ0v) is 10.2. The van der Waals surface area contributed by atoms with E-state index in [1.165, 1.54) is 12.8 Å². The molecule has 1 fully saturated rings. The van der Waals surface area contributed by atoms with Gasteiger partial charge in [-0.25, -0.2) is 0 Å². The Morgan fingerprint density at radius 1 is 1.33 bits per heavy atom. The highest BCUT2D eigenvalue weighted by Gasteiger charge is 2.19. The molecule has 15 heavy (non-hydrogen) atoms. The molecule has 1 rings (SSSR count). The SMILES string of the molecule is CCOC(=O)CCC1CCC(N)CC1.Cl. The van der Waals surface area contributed by atoms with Crippen molar-refractivity contribution in [3.05, 3.63) is 0 Å². The number of carbonyl (C=O) groups excluding carboxylic acids is 1. The van der Waals surface area contributed by atoms with E-state index in [0.29, 0.717) is 25.0 Å². The summed E-state index contributed by atoms with van der Waals surface area (Å²) in [6.07, 6.45) is 6.15. The molecular weight excluding hydrogens is 214 g/mol. The lowest BCUT2D eigenvalue weighted by Gasteiger charge is -2.25. The van der Waals surface area contributed by atoms with Crippen molar-refractivity contribution in [3.8, 4) is 0 Å². The fourth-order valence-corrected chi connectivity index (χ4v) is 2.03. The maximum absolute atomic E-state index is 11.1. The van der Waals surface area contributed by atoms with E-state index in [1.807, 2.05) is 6.92 Å². The predicted molar refractivity (Wildman–Crippen MR) is 63.0 cm³/mol. The molecule has 0 aromatic carbocycles. The van der Waals surface area contributed by atoms with Crippen molar-refractivity contribution in [2.45, 2.75) is 51.5 Å². The van der Waals surface area contributed by atoms with Gasteiger partial charge in [0.2, 0.25) is 0 Å². The first-order valence-electron chi connectivity index (χ1n) is 5.63. The van der Waals surface area contributed by atoms with Crippen LogP contribution in [0.3, 0.4) is 0 Å². The van der Waals surface area contributed by atoms with Crippen LogP contribution in [0, 0.1) is 5.92 Å². The molecule has 0 atom stereocenters. The fourth-order valence-electron chi connectivity index (χ4n) is 2.03. The minimum atomic E-state index is -0.0534. The van der Waals surface area contributed by atoms with Gasteiger partial charge in [0.1, 0.15) is 0 Å². The lowest BCUT2D eigenvalue weighted by atomic mass is 9.84. The zero-order chi connectivity index (χ0) is 10.4. The molecule has 90 valence electrons. The van der Waals surface area contributed by atoms with E-state index < -0.39 is 0 Å². The third kappa shape index (κ3) is 6.00. The van der Waals surface area contributed by atoms with Crippen LogP contribution >= 0.6 is 12.4 Å². The molecule has 3 nitrogen and oxygen atoms in total. The van der Waals surface area contributed by atoms with Crippen molar-refractivity contribution in [3.63, 3.8) is 0 Å². The predicted octanol–water partition coefficient (Wildman–Crippen LogP) is 2.27. The van der Waals surface area contributed by atoms with Crippen molar-refractivity contribution in [2.75, 3.05) is 6.61 Å². The number of esters is 1. The second kappa shape index (κ2) is 7.94. The van der Waals surface area contributed by atoms with Gasteiger partial charge < -0.3 is 10.5 Å². The van der Waals surface area contributed by atoms with Crippen LogP contribution in [0.4, 0.5) is 0 Å². The Labute approximate surface area is 98.2 Å². The average molecular weight is 236 g/mol. The molecule has 0 saturated heterocycles. The fraction of sp³-hybridized carbons (Fsp3) is 0.909. The number of hydrogen-bond donors (Lipinski definition) is 1. The second-order valence-corrected chi connectivity index (χ2v) is 4.12. The number of carbonyl (C=O) groups is 1. The van der Waals surface area contributed by atoms with E-state index in [-0.39, 0.29) is 18.4 Å². The van der Waals surface area contributed by atoms with E-state index in [1.54, 1.807) is 0 Å². The molecule has 0 aliphatic heterocycles.